The molecule has 2 fully saturated rings. The highest BCUT2D eigenvalue weighted by atomic mass is 16.5. The summed E-state index contributed by atoms with van der Waals surface area (Å²) in [6.45, 7) is 3.76. The van der Waals surface area contributed by atoms with Crippen LogP contribution in [0.2, 0.25) is 0 Å². The van der Waals surface area contributed by atoms with E-state index < -0.39 is 0 Å². The molecule has 0 aromatic heterocycles. The molecule has 2 rings (SSSR count). The van der Waals surface area contributed by atoms with Crippen molar-refractivity contribution in [3.05, 3.63) is 0 Å². The van der Waals surface area contributed by atoms with E-state index in [9.17, 15) is 4.79 Å². The zero-order chi connectivity index (χ0) is 11.4. The average Bonchev–Trinajstić information content (AvgIpc) is 2.27. The monoisotopic (exact) mass is 226 g/mol. The van der Waals surface area contributed by atoms with E-state index in [0.717, 1.165) is 38.8 Å². The van der Waals surface area contributed by atoms with Gasteiger partial charge in [0, 0.05) is 12.6 Å². The van der Waals surface area contributed by atoms with Crippen molar-refractivity contribution >= 4 is 5.91 Å². The first-order chi connectivity index (χ1) is 7.79. The molecule has 1 amide bonds. The molecule has 1 atom stereocenters. The van der Waals surface area contributed by atoms with Gasteiger partial charge in [0.25, 0.3) is 0 Å². The fourth-order valence-electron chi connectivity index (χ4n) is 2.43. The lowest BCUT2D eigenvalue weighted by molar-refractivity contribution is -0.126. The Morgan fingerprint density at radius 1 is 1.44 bits per heavy atom. The molecule has 2 aliphatic rings. The third-order valence-corrected chi connectivity index (χ3v) is 3.47. The van der Waals surface area contributed by atoms with Gasteiger partial charge in [0.2, 0.25) is 5.91 Å². The van der Waals surface area contributed by atoms with Crippen molar-refractivity contribution in [2.45, 2.75) is 57.2 Å². The van der Waals surface area contributed by atoms with E-state index >= 15 is 0 Å². The fraction of sp³-hybridized carbons (Fsp3) is 0.917. The van der Waals surface area contributed by atoms with Gasteiger partial charge in [0.1, 0.15) is 0 Å². The highest BCUT2D eigenvalue weighted by molar-refractivity contribution is 5.82. The summed E-state index contributed by atoms with van der Waals surface area (Å²) in [7, 11) is 0. The second kappa shape index (κ2) is 5.64. The zero-order valence-corrected chi connectivity index (χ0v) is 10.00. The Labute approximate surface area is 97.1 Å². The molecule has 0 unspecified atom stereocenters. The minimum absolute atomic E-state index is 0.0416. The van der Waals surface area contributed by atoms with Crippen LogP contribution in [0, 0.1) is 0 Å². The van der Waals surface area contributed by atoms with Crippen LogP contribution in [-0.2, 0) is 9.53 Å². The molecule has 0 radical (unpaired) electrons. The molecule has 0 aromatic carbocycles. The minimum Gasteiger partial charge on any atom is -0.378 e. The van der Waals surface area contributed by atoms with Crippen LogP contribution in [0.1, 0.15) is 39.0 Å². The number of amides is 1. The summed E-state index contributed by atoms with van der Waals surface area (Å²) in [5.74, 6) is 0.180. The van der Waals surface area contributed by atoms with E-state index in [0.29, 0.717) is 12.1 Å². The number of hydrogen-bond donors (Lipinski definition) is 2. The van der Waals surface area contributed by atoms with E-state index in [1.807, 2.05) is 6.92 Å². The molecule has 2 N–H and O–H groups in total. The molecule has 4 heteroatoms. The van der Waals surface area contributed by atoms with Crippen LogP contribution in [0.15, 0.2) is 0 Å². The Kier molecular flexibility index (Phi) is 4.18. The molecule has 1 saturated heterocycles. The van der Waals surface area contributed by atoms with Crippen LogP contribution in [0.25, 0.3) is 0 Å². The Hall–Kier alpha value is -0.610. The van der Waals surface area contributed by atoms with Gasteiger partial charge >= 0.3 is 0 Å². The number of rotatable bonds is 4. The Balaban J connectivity index is 1.64. The molecule has 0 aromatic rings. The fourth-order valence-corrected chi connectivity index (χ4v) is 2.43. The number of nitrogens with one attached hydrogen (secondary N) is 2. The molecule has 1 aliphatic carbocycles. The zero-order valence-electron chi connectivity index (χ0n) is 10.00. The Morgan fingerprint density at radius 3 is 2.88 bits per heavy atom. The van der Waals surface area contributed by atoms with E-state index in [1.54, 1.807) is 0 Å². The number of carbonyl (C=O) groups excluding carboxylic acids is 1. The molecule has 1 aliphatic heterocycles. The summed E-state index contributed by atoms with van der Waals surface area (Å²) in [5.41, 5.74) is 0. The summed E-state index contributed by atoms with van der Waals surface area (Å²) in [6.07, 6.45) is 5.66. The Bertz CT molecular complexity index is 233. The van der Waals surface area contributed by atoms with Gasteiger partial charge in [-0.25, -0.2) is 0 Å². The molecular formula is C12H22N2O2. The maximum absolute atomic E-state index is 11.9. The number of hydrogen-bond acceptors (Lipinski definition) is 3. The summed E-state index contributed by atoms with van der Waals surface area (Å²) in [6, 6.07) is 0.382. The van der Waals surface area contributed by atoms with Crippen LogP contribution in [-0.4, -0.2) is 37.2 Å². The molecule has 16 heavy (non-hydrogen) atoms. The van der Waals surface area contributed by atoms with Gasteiger partial charge in [0.15, 0.2) is 0 Å². The number of ether oxygens (including phenoxy) is 1. The minimum atomic E-state index is 0.0416. The third-order valence-electron chi connectivity index (χ3n) is 3.47. The molecule has 0 bridgehead atoms. The predicted molar refractivity (Wildman–Crippen MR) is 62.2 cm³/mol. The maximum Gasteiger partial charge on any atom is 0.237 e. The quantitative estimate of drug-likeness (QED) is 0.746. The van der Waals surface area contributed by atoms with Gasteiger partial charge in [0.05, 0.1) is 12.1 Å². The summed E-state index contributed by atoms with van der Waals surface area (Å²) < 4.78 is 5.47. The second-order valence-electron chi connectivity index (χ2n) is 4.76. The summed E-state index contributed by atoms with van der Waals surface area (Å²) >= 11 is 0. The largest absolute Gasteiger partial charge is 0.378 e. The third kappa shape index (κ3) is 2.95. The number of piperidine rings is 1. The molecule has 1 heterocycles. The van der Waals surface area contributed by atoms with E-state index in [2.05, 4.69) is 10.6 Å². The van der Waals surface area contributed by atoms with Gasteiger partial charge in [-0.15, -0.1) is 0 Å². The topological polar surface area (TPSA) is 50.4 Å². The van der Waals surface area contributed by atoms with Crippen molar-refractivity contribution in [2.75, 3.05) is 13.2 Å². The van der Waals surface area contributed by atoms with Crippen molar-refractivity contribution < 1.29 is 9.53 Å². The van der Waals surface area contributed by atoms with Crippen molar-refractivity contribution in [1.82, 2.24) is 10.6 Å². The van der Waals surface area contributed by atoms with Crippen LogP contribution >= 0.6 is 0 Å². The lowest BCUT2D eigenvalue weighted by Crippen LogP contribution is -2.54. The lowest BCUT2D eigenvalue weighted by atomic mass is 9.88. The first-order valence-corrected chi connectivity index (χ1v) is 6.45. The smallest absolute Gasteiger partial charge is 0.237 e. The molecular weight excluding hydrogens is 204 g/mol. The standard InChI is InChI=1S/C12H22N2O2/c1-2-16-10-7-9(8-10)14-12(15)11-5-3-4-6-13-11/h9-11,13H,2-8H2,1H3,(H,14,15)/t9?,10?,11-/m0/s1. The first kappa shape index (κ1) is 11.9. The second-order valence-corrected chi connectivity index (χ2v) is 4.76. The van der Waals surface area contributed by atoms with Crippen molar-refractivity contribution in [2.24, 2.45) is 0 Å². The molecule has 0 spiro atoms. The molecule has 4 nitrogen and oxygen atoms in total. The van der Waals surface area contributed by atoms with Crippen molar-refractivity contribution in [3.63, 3.8) is 0 Å². The van der Waals surface area contributed by atoms with Crippen molar-refractivity contribution in [1.29, 1.82) is 0 Å². The predicted octanol–water partition coefficient (Wildman–Crippen LogP) is 0.812. The molecule has 92 valence electrons. The summed E-state index contributed by atoms with van der Waals surface area (Å²) in [4.78, 5) is 11.9. The first-order valence-electron chi connectivity index (χ1n) is 6.45. The van der Waals surface area contributed by atoms with E-state index in [1.165, 1.54) is 6.42 Å². The van der Waals surface area contributed by atoms with Crippen LogP contribution in [0.5, 0.6) is 0 Å². The van der Waals surface area contributed by atoms with Gasteiger partial charge < -0.3 is 15.4 Å². The van der Waals surface area contributed by atoms with Gasteiger partial charge in [-0.1, -0.05) is 6.42 Å². The van der Waals surface area contributed by atoms with E-state index in [-0.39, 0.29) is 11.9 Å². The normalized spacial score (nSPS) is 34.2. The van der Waals surface area contributed by atoms with Gasteiger partial charge in [-0.05, 0) is 39.2 Å². The van der Waals surface area contributed by atoms with E-state index in [4.69, 9.17) is 4.74 Å². The highest BCUT2D eigenvalue weighted by Crippen LogP contribution is 2.23. The lowest BCUT2D eigenvalue weighted by Gasteiger charge is -2.36. The number of carbonyl (C=O) groups is 1. The van der Waals surface area contributed by atoms with Gasteiger partial charge in [-0.2, -0.15) is 0 Å². The SMILES string of the molecule is CCOC1CC(NC(=O)[C@@H]2CCCCN2)C1. The Morgan fingerprint density at radius 2 is 2.25 bits per heavy atom. The van der Waals surface area contributed by atoms with Crippen LogP contribution < -0.4 is 10.6 Å². The van der Waals surface area contributed by atoms with Gasteiger partial charge in [-0.3, -0.25) is 4.79 Å². The van der Waals surface area contributed by atoms with Crippen LogP contribution in [0.3, 0.4) is 0 Å². The summed E-state index contributed by atoms with van der Waals surface area (Å²) in [5, 5.41) is 6.36. The average molecular weight is 226 g/mol. The molecule has 1 saturated carbocycles. The maximum atomic E-state index is 11.9. The van der Waals surface area contributed by atoms with Crippen LogP contribution in [0.4, 0.5) is 0 Å². The van der Waals surface area contributed by atoms with Crippen molar-refractivity contribution in [3.8, 4) is 0 Å². The highest BCUT2D eigenvalue weighted by Gasteiger charge is 2.32.